The van der Waals surface area contributed by atoms with Gasteiger partial charge in [-0.05, 0) is 28.7 Å². The van der Waals surface area contributed by atoms with Gasteiger partial charge >= 0.3 is 0 Å². The van der Waals surface area contributed by atoms with Crippen molar-refractivity contribution in [1.29, 1.82) is 0 Å². The van der Waals surface area contributed by atoms with Crippen molar-refractivity contribution in [2.45, 2.75) is 12.3 Å². The van der Waals surface area contributed by atoms with Crippen LogP contribution in [0, 0.1) is 3.57 Å². The fourth-order valence-corrected chi connectivity index (χ4v) is 2.52. The Morgan fingerprint density at radius 1 is 1.56 bits per heavy atom. The van der Waals surface area contributed by atoms with Gasteiger partial charge in [0.05, 0.1) is 6.54 Å². The standard InChI is InChI=1S/C10H11F2IN2O/c1-14-5-7(13)4-8(14)9(16)15-3-2-10(11,12)6-15/h4-5H,2-3,6H2,1H3. The first-order chi connectivity index (χ1) is 7.39. The molecule has 2 rings (SSSR count). The summed E-state index contributed by atoms with van der Waals surface area (Å²) in [6, 6.07) is 1.71. The molecule has 1 aromatic heterocycles. The maximum absolute atomic E-state index is 13.0. The van der Waals surface area contributed by atoms with Crippen molar-refractivity contribution < 1.29 is 13.6 Å². The van der Waals surface area contributed by atoms with Crippen molar-refractivity contribution >= 4 is 28.5 Å². The van der Waals surface area contributed by atoms with Crippen LogP contribution in [0.2, 0.25) is 0 Å². The number of alkyl halides is 2. The molecule has 1 amide bonds. The topological polar surface area (TPSA) is 25.2 Å². The molecule has 3 nitrogen and oxygen atoms in total. The Kier molecular flexibility index (Phi) is 2.93. The van der Waals surface area contributed by atoms with Crippen molar-refractivity contribution in [3.8, 4) is 0 Å². The molecular weight excluding hydrogens is 329 g/mol. The van der Waals surface area contributed by atoms with Crippen molar-refractivity contribution in [1.82, 2.24) is 9.47 Å². The zero-order valence-electron chi connectivity index (χ0n) is 8.71. The van der Waals surface area contributed by atoms with Gasteiger partial charge in [-0.1, -0.05) is 0 Å². The molecule has 0 bridgehead atoms. The van der Waals surface area contributed by atoms with Gasteiger partial charge in [0.1, 0.15) is 5.69 Å². The van der Waals surface area contributed by atoms with Crippen LogP contribution in [-0.4, -0.2) is 34.4 Å². The van der Waals surface area contributed by atoms with E-state index in [0.717, 1.165) is 3.57 Å². The smallest absolute Gasteiger partial charge is 0.270 e. The molecule has 1 saturated heterocycles. The zero-order valence-corrected chi connectivity index (χ0v) is 10.9. The molecule has 1 aliphatic rings. The second-order valence-electron chi connectivity index (χ2n) is 3.99. The first kappa shape index (κ1) is 11.8. The Balaban J connectivity index is 2.18. The highest BCUT2D eigenvalue weighted by Gasteiger charge is 2.40. The maximum Gasteiger partial charge on any atom is 0.270 e. The molecule has 0 saturated carbocycles. The summed E-state index contributed by atoms with van der Waals surface area (Å²) in [7, 11) is 1.74. The van der Waals surface area contributed by atoms with E-state index in [4.69, 9.17) is 0 Å². The van der Waals surface area contributed by atoms with Gasteiger partial charge in [-0.15, -0.1) is 0 Å². The maximum atomic E-state index is 13.0. The van der Waals surface area contributed by atoms with Gasteiger partial charge in [-0.3, -0.25) is 4.79 Å². The van der Waals surface area contributed by atoms with Crippen LogP contribution in [0.3, 0.4) is 0 Å². The molecule has 6 heteroatoms. The molecule has 2 heterocycles. The summed E-state index contributed by atoms with van der Waals surface area (Å²) in [6.45, 7) is -0.332. The summed E-state index contributed by atoms with van der Waals surface area (Å²) in [6.07, 6.45) is 1.56. The van der Waals surface area contributed by atoms with Gasteiger partial charge in [0, 0.05) is 29.8 Å². The largest absolute Gasteiger partial charge is 0.346 e. The molecule has 0 unspecified atom stereocenters. The van der Waals surface area contributed by atoms with Crippen LogP contribution in [0.25, 0.3) is 0 Å². The van der Waals surface area contributed by atoms with Crippen LogP contribution in [0.15, 0.2) is 12.3 Å². The fraction of sp³-hybridized carbons (Fsp3) is 0.500. The van der Waals surface area contributed by atoms with E-state index in [1.54, 1.807) is 23.9 Å². The summed E-state index contributed by atoms with van der Waals surface area (Å²) in [5.74, 6) is -3.05. The summed E-state index contributed by atoms with van der Waals surface area (Å²) in [5.41, 5.74) is 0.460. The minimum atomic E-state index is -2.73. The zero-order chi connectivity index (χ0) is 11.9. The Hall–Kier alpha value is -0.660. The van der Waals surface area contributed by atoms with Crippen LogP contribution >= 0.6 is 22.6 Å². The van der Waals surface area contributed by atoms with Crippen LogP contribution in [0.5, 0.6) is 0 Å². The van der Waals surface area contributed by atoms with Crippen molar-refractivity contribution in [2.24, 2.45) is 7.05 Å². The summed E-state index contributed by atoms with van der Waals surface area (Å²) in [4.78, 5) is 13.2. The minimum absolute atomic E-state index is 0.133. The fourth-order valence-electron chi connectivity index (χ4n) is 1.81. The number of nitrogens with zero attached hydrogens (tertiary/aromatic N) is 2. The molecule has 0 aromatic carbocycles. The number of amides is 1. The monoisotopic (exact) mass is 340 g/mol. The molecule has 0 N–H and O–H groups in total. The van der Waals surface area contributed by atoms with Crippen molar-refractivity contribution in [3.05, 3.63) is 21.5 Å². The van der Waals surface area contributed by atoms with Crippen molar-refractivity contribution in [3.63, 3.8) is 0 Å². The number of halogens is 3. The number of hydrogen-bond acceptors (Lipinski definition) is 1. The first-order valence-electron chi connectivity index (χ1n) is 4.88. The lowest BCUT2D eigenvalue weighted by atomic mass is 10.3. The average Bonchev–Trinajstić information content (AvgIpc) is 2.68. The lowest BCUT2D eigenvalue weighted by Crippen LogP contribution is -2.32. The van der Waals surface area contributed by atoms with Gasteiger partial charge in [-0.2, -0.15) is 0 Å². The summed E-state index contributed by atoms with van der Waals surface area (Å²) in [5, 5.41) is 0. The predicted octanol–water partition coefficient (Wildman–Crippen LogP) is 2.11. The Bertz CT molecular complexity index is 430. The van der Waals surface area contributed by atoms with E-state index in [9.17, 15) is 13.6 Å². The number of aryl methyl sites for hydroxylation is 1. The Morgan fingerprint density at radius 2 is 2.25 bits per heavy atom. The normalized spacial score (nSPS) is 19.1. The quantitative estimate of drug-likeness (QED) is 0.719. The molecule has 16 heavy (non-hydrogen) atoms. The highest BCUT2D eigenvalue weighted by Crippen LogP contribution is 2.28. The second kappa shape index (κ2) is 3.97. The van der Waals surface area contributed by atoms with E-state index in [0.29, 0.717) is 5.69 Å². The molecule has 1 aliphatic heterocycles. The number of carbonyl (C=O) groups is 1. The highest BCUT2D eigenvalue weighted by molar-refractivity contribution is 14.1. The van der Waals surface area contributed by atoms with Crippen LogP contribution in [-0.2, 0) is 7.05 Å². The van der Waals surface area contributed by atoms with Gasteiger partial charge in [0.25, 0.3) is 11.8 Å². The summed E-state index contributed by atoms with van der Waals surface area (Å²) >= 11 is 2.09. The average molecular weight is 340 g/mol. The summed E-state index contributed by atoms with van der Waals surface area (Å²) < 4.78 is 28.5. The van der Waals surface area contributed by atoms with Gasteiger partial charge < -0.3 is 9.47 Å². The molecule has 88 valence electrons. The van der Waals surface area contributed by atoms with E-state index >= 15 is 0 Å². The molecule has 1 fully saturated rings. The lowest BCUT2D eigenvalue weighted by Gasteiger charge is -2.16. The number of hydrogen-bond donors (Lipinski definition) is 0. The number of aromatic nitrogens is 1. The molecule has 0 spiro atoms. The van der Waals surface area contributed by atoms with E-state index in [-0.39, 0.29) is 18.9 Å². The van der Waals surface area contributed by atoms with Crippen molar-refractivity contribution in [2.75, 3.05) is 13.1 Å². The van der Waals surface area contributed by atoms with Crippen LogP contribution in [0.1, 0.15) is 16.9 Å². The van der Waals surface area contributed by atoms with E-state index < -0.39 is 12.5 Å². The molecule has 1 aromatic rings. The van der Waals surface area contributed by atoms with Gasteiger partial charge in [0.2, 0.25) is 0 Å². The number of rotatable bonds is 1. The van der Waals surface area contributed by atoms with E-state index in [1.165, 1.54) is 4.90 Å². The third-order valence-corrected chi connectivity index (χ3v) is 3.24. The molecule has 0 aliphatic carbocycles. The minimum Gasteiger partial charge on any atom is -0.346 e. The van der Waals surface area contributed by atoms with E-state index in [1.807, 2.05) is 0 Å². The van der Waals surface area contributed by atoms with Gasteiger partial charge in [0.15, 0.2) is 0 Å². The van der Waals surface area contributed by atoms with Crippen LogP contribution in [0.4, 0.5) is 8.78 Å². The molecular formula is C10H11F2IN2O. The Labute approximate surface area is 106 Å². The number of likely N-dealkylation sites (tertiary alicyclic amines) is 1. The third kappa shape index (κ3) is 2.21. The third-order valence-electron chi connectivity index (χ3n) is 2.65. The second-order valence-corrected chi connectivity index (χ2v) is 5.23. The molecule has 0 atom stereocenters. The molecule has 0 radical (unpaired) electrons. The lowest BCUT2D eigenvalue weighted by molar-refractivity contribution is 0.0119. The van der Waals surface area contributed by atoms with Gasteiger partial charge in [-0.25, -0.2) is 8.78 Å². The van der Waals surface area contributed by atoms with E-state index in [2.05, 4.69) is 22.6 Å². The SMILES string of the molecule is Cn1cc(I)cc1C(=O)N1CCC(F)(F)C1. The Morgan fingerprint density at radius 3 is 2.69 bits per heavy atom. The first-order valence-corrected chi connectivity index (χ1v) is 5.96. The predicted molar refractivity (Wildman–Crippen MR) is 63.6 cm³/mol. The highest BCUT2D eigenvalue weighted by atomic mass is 127. The number of carbonyl (C=O) groups excluding carboxylic acids is 1. The van der Waals surface area contributed by atoms with Crippen LogP contribution < -0.4 is 0 Å².